The summed E-state index contributed by atoms with van der Waals surface area (Å²) in [6.45, 7) is 0. The molecule has 0 spiro atoms. The van der Waals surface area contributed by atoms with Crippen LogP contribution in [0, 0.1) is 0 Å². The van der Waals surface area contributed by atoms with Gasteiger partial charge in [-0.15, -0.1) is 11.8 Å². The molecule has 0 amide bonds. The van der Waals surface area contributed by atoms with Crippen LogP contribution in [0.4, 0.5) is 5.69 Å². The van der Waals surface area contributed by atoms with Crippen molar-refractivity contribution < 1.29 is 8.42 Å². The number of thioether (sulfide) groups is 2. The maximum atomic E-state index is 12.1. The van der Waals surface area contributed by atoms with Gasteiger partial charge in [0.05, 0.1) is 5.75 Å². The number of hydrogen-bond acceptors (Lipinski definition) is 5. The molecule has 2 unspecified atom stereocenters. The molecule has 1 fully saturated rings. The molecule has 0 aliphatic heterocycles. The number of benzene rings is 1. The molecule has 0 radical (unpaired) electrons. The quantitative estimate of drug-likeness (QED) is 0.586. The highest BCUT2D eigenvalue weighted by Gasteiger charge is 2.29. The van der Waals surface area contributed by atoms with Gasteiger partial charge in [-0.3, -0.25) is 0 Å². The van der Waals surface area contributed by atoms with Crippen molar-refractivity contribution in [3.63, 3.8) is 0 Å². The molecule has 1 aliphatic rings. The smallest absolute Gasteiger partial charge is 0.212 e. The van der Waals surface area contributed by atoms with Crippen LogP contribution < -0.4 is 10.5 Å². The zero-order valence-corrected chi connectivity index (χ0v) is 14.6. The third kappa shape index (κ3) is 5.39. The van der Waals surface area contributed by atoms with Gasteiger partial charge in [0.25, 0.3) is 0 Å². The van der Waals surface area contributed by atoms with Gasteiger partial charge in [-0.1, -0.05) is 12.5 Å². The fourth-order valence-electron chi connectivity index (χ4n) is 2.51. The van der Waals surface area contributed by atoms with E-state index >= 15 is 0 Å². The van der Waals surface area contributed by atoms with Gasteiger partial charge >= 0.3 is 0 Å². The second-order valence-electron chi connectivity index (χ2n) is 5.17. The molecule has 118 valence electrons. The van der Waals surface area contributed by atoms with Crippen molar-refractivity contribution in [2.75, 3.05) is 23.5 Å². The van der Waals surface area contributed by atoms with Crippen molar-refractivity contribution >= 4 is 39.2 Å². The zero-order chi connectivity index (χ0) is 15.3. The van der Waals surface area contributed by atoms with Gasteiger partial charge in [-0.2, -0.15) is 11.8 Å². The molecule has 7 heteroatoms. The van der Waals surface area contributed by atoms with Gasteiger partial charge < -0.3 is 5.73 Å². The van der Waals surface area contributed by atoms with E-state index in [1.807, 2.05) is 30.5 Å². The van der Waals surface area contributed by atoms with Crippen molar-refractivity contribution in [1.29, 1.82) is 0 Å². The maximum Gasteiger partial charge on any atom is 0.212 e. The van der Waals surface area contributed by atoms with E-state index in [1.165, 1.54) is 11.8 Å². The van der Waals surface area contributed by atoms with Crippen molar-refractivity contribution in [3.8, 4) is 0 Å². The molecule has 3 N–H and O–H groups in total. The number of sulfonamides is 1. The Bertz CT molecular complexity index is 563. The largest absolute Gasteiger partial charge is 0.399 e. The molecular weight excluding hydrogens is 324 g/mol. The highest BCUT2D eigenvalue weighted by Crippen LogP contribution is 2.29. The average molecular weight is 347 g/mol. The van der Waals surface area contributed by atoms with E-state index in [1.54, 1.807) is 11.8 Å². The first kappa shape index (κ1) is 17.0. The Labute approximate surface area is 135 Å². The molecule has 1 aromatic rings. The summed E-state index contributed by atoms with van der Waals surface area (Å²) in [6, 6.07) is 7.62. The Balaban J connectivity index is 1.81. The SMILES string of the molecule is CSC1CCCC1NS(=O)(=O)CCSc1cccc(N)c1. The minimum Gasteiger partial charge on any atom is -0.399 e. The van der Waals surface area contributed by atoms with Gasteiger partial charge in [0.1, 0.15) is 0 Å². The van der Waals surface area contributed by atoms with E-state index in [0.717, 1.165) is 24.2 Å². The fraction of sp³-hybridized carbons (Fsp3) is 0.571. The lowest BCUT2D eigenvalue weighted by Gasteiger charge is -2.19. The minimum atomic E-state index is -3.20. The van der Waals surface area contributed by atoms with Crippen LogP contribution in [0.3, 0.4) is 0 Å². The third-order valence-electron chi connectivity index (χ3n) is 3.57. The summed E-state index contributed by atoms with van der Waals surface area (Å²) in [7, 11) is -3.20. The van der Waals surface area contributed by atoms with Gasteiger partial charge in [0.15, 0.2) is 0 Å². The predicted molar refractivity (Wildman–Crippen MR) is 93.4 cm³/mol. The monoisotopic (exact) mass is 346 g/mol. The van der Waals surface area contributed by atoms with Crippen LogP contribution in [0.2, 0.25) is 0 Å². The van der Waals surface area contributed by atoms with Gasteiger partial charge in [0, 0.05) is 27.6 Å². The van der Waals surface area contributed by atoms with Crippen molar-refractivity contribution in [1.82, 2.24) is 4.72 Å². The minimum absolute atomic E-state index is 0.0994. The summed E-state index contributed by atoms with van der Waals surface area (Å²) < 4.78 is 27.2. The van der Waals surface area contributed by atoms with Gasteiger partial charge in [-0.05, 0) is 37.3 Å². The molecule has 0 aromatic heterocycles. The van der Waals surface area contributed by atoms with Crippen LogP contribution in [0.15, 0.2) is 29.2 Å². The summed E-state index contributed by atoms with van der Waals surface area (Å²) in [4.78, 5) is 1.01. The highest BCUT2D eigenvalue weighted by molar-refractivity contribution is 8.00. The maximum absolute atomic E-state index is 12.1. The number of nitrogen functional groups attached to an aromatic ring is 1. The molecule has 0 heterocycles. The summed E-state index contributed by atoms with van der Waals surface area (Å²) in [5.74, 6) is 0.680. The topological polar surface area (TPSA) is 72.2 Å². The first-order chi connectivity index (χ1) is 10.00. The van der Waals surface area contributed by atoms with Gasteiger partial charge in [-0.25, -0.2) is 13.1 Å². The molecule has 4 nitrogen and oxygen atoms in total. The lowest BCUT2D eigenvalue weighted by molar-refractivity contribution is 0.556. The molecule has 1 aliphatic carbocycles. The molecule has 1 aromatic carbocycles. The van der Waals surface area contributed by atoms with E-state index in [9.17, 15) is 8.42 Å². The Kier molecular flexibility index (Phi) is 6.28. The number of hydrogen-bond donors (Lipinski definition) is 2. The molecule has 0 bridgehead atoms. The normalized spacial score (nSPS) is 22.5. The summed E-state index contributed by atoms with van der Waals surface area (Å²) in [6.07, 6.45) is 5.21. The Morgan fingerprint density at radius 1 is 1.38 bits per heavy atom. The third-order valence-corrected chi connectivity index (χ3v) is 7.39. The lowest BCUT2D eigenvalue weighted by Crippen LogP contribution is -2.40. The second kappa shape index (κ2) is 7.76. The van der Waals surface area contributed by atoms with Crippen LogP contribution in [0.25, 0.3) is 0 Å². The Morgan fingerprint density at radius 2 is 2.19 bits per heavy atom. The number of nitrogens with one attached hydrogen (secondary N) is 1. The standard InChI is InChI=1S/C14H22N2O2S3/c1-19-14-7-3-6-13(14)16-21(17,18)9-8-20-12-5-2-4-11(15)10-12/h2,4-5,10,13-14,16H,3,6-9,15H2,1H3. The summed E-state index contributed by atoms with van der Waals surface area (Å²) in [5.41, 5.74) is 6.41. The van der Waals surface area contributed by atoms with E-state index in [4.69, 9.17) is 5.73 Å². The van der Waals surface area contributed by atoms with Crippen LogP contribution in [0.5, 0.6) is 0 Å². The Morgan fingerprint density at radius 3 is 2.90 bits per heavy atom. The number of nitrogens with two attached hydrogens (primary N) is 1. The summed E-state index contributed by atoms with van der Waals surface area (Å²) in [5, 5.41) is 0.418. The van der Waals surface area contributed by atoms with Crippen molar-refractivity contribution in [2.24, 2.45) is 0 Å². The Hall–Kier alpha value is -0.370. The van der Waals surface area contributed by atoms with Crippen LogP contribution in [-0.4, -0.2) is 37.5 Å². The van der Waals surface area contributed by atoms with Crippen molar-refractivity contribution in [3.05, 3.63) is 24.3 Å². The molecular formula is C14H22N2O2S3. The van der Waals surface area contributed by atoms with E-state index in [0.29, 0.717) is 16.7 Å². The number of anilines is 1. The van der Waals surface area contributed by atoms with E-state index < -0.39 is 10.0 Å². The zero-order valence-electron chi connectivity index (χ0n) is 12.1. The first-order valence-electron chi connectivity index (χ1n) is 7.01. The fourth-order valence-corrected chi connectivity index (χ4v) is 6.23. The molecule has 2 rings (SSSR count). The van der Waals surface area contributed by atoms with E-state index in [2.05, 4.69) is 4.72 Å². The van der Waals surface area contributed by atoms with Gasteiger partial charge in [0.2, 0.25) is 10.0 Å². The van der Waals surface area contributed by atoms with E-state index in [-0.39, 0.29) is 11.8 Å². The number of rotatable bonds is 7. The molecule has 21 heavy (non-hydrogen) atoms. The van der Waals surface area contributed by atoms with Crippen LogP contribution in [-0.2, 0) is 10.0 Å². The molecule has 0 saturated heterocycles. The van der Waals surface area contributed by atoms with Crippen LogP contribution in [0.1, 0.15) is 19.3 Å². The average Bonchev–Trinajstić information content (AvgIpc) is 2.85. The molecule has 2 atom stereocenters. The summed E-state index contributed by atoms with van der Waals surface area (Å²) >= 11 is 3.28. The predicted octanol–water partition coefficient (Wildman–Crippen LogP) is 2.56. The van der Waals surface area contributed by atoms with Crippen LogP contribution >= 0.6 is 23.5 Å². The van der Waals surface area contributed by atoms with Crippen molar-refractivity contribution in [2.45, 2.75) is 35.4 Å². The second-order valence-corrected chi connectivity index (χ2v) is 9.29. The lowest BCUT2D eigenvalue weighted by atomic mass is 10.3. The molecule has 1 saturated carbocycles. The highest BCUT2D eigenvalue weighted by atomic mass is 32.2. The first-order valence-corrected chi connectivity index (χ1v) is 10.9.